The van der Waals surface area contributed by atoms with E-state index in [1.807, 2.05) is 50.7 Å². The lowest BCUT2D eigenvalue weighted by atomic mass is 10.1. The average Bonchev–Trinajstić information content (AvgIpc) is 3.03. The number of nitrogens with one attached hydrogen (secondary N) is 2. The Morgan fingerprint density at radius 3 is 2.56 bits per heavy atom. The van der Waals surface area contributed by atoms with E-state index in [2.05, 4.69) is 67.0 Å². The summed E-state index contributed by atoms with van der Waals surface area (Å²) < 4.78 is 1.83. The monoisotopic (exact) mass is 440 g/mol. The molecule has 0 saturated heterocycles. The van der Waals surface area contributed by atoms with Crippen LogP contribution in [0.2, 0.25) is 0 Å². The van der Waals surface area contributed by atoms with Crippen LogP contribution in [0.1, 0.15) is 53.7 Å². The summed E-state index contributed by atoms with van der Waals surface area (Å²) in [4.78, 5) is 16.9. The maximum absolute atomic E-state index is 8.00. The van der Waals surface area contributed by atoms with Crippen LogP contribution in [0, 0.1) is 0 Å². The van der Waals surface area contributed by atoms with Gasteiger partial charge < -0.3 is 15.4 Å². The zero-order valence-electron chi connectivity index (χ0n) is 20.8. The van der Waals surface area contributed by atoms with Crippen LogP contribution < -0.4 is 10.6 Å². The van der Waals surface area contributed by atoms with Crippen LogP contribution >= 0.6 is 0 Å². The molecule has 7 heteroatoms. The molecule has 0 amide bonds. The van der Waals surface area contributed by atoms with Gasteiger partial charge in [0.1, 0.15) is 12.6 Å². The molecule has 32 heavy (non-hydrogen) atoms. The Morgan fingerprint density at radius 1 is 1.28 bits per heavy atom. The lowest BCUT2D eigenvalue weighted by Gasteiger charge is -2.19. The van der Waals surface area contributed by atoms with Crippen molar-refractivity contribution in [2.24, 2.45) is 9.98 Å². The molecule has 0 aromatic carbocycles. The largest absolute Gasteiger partial charge is 0.364 e. The van der Waals surface area contributed by atoms with Crippen molar-refractivity contribution >= 4 is 36.3 Å². The third-order valence-corrected chi connectivity index (χ3v) is 3.86. The summed E-state index contributed by atoms with van der Waals surface area (Å²) in [6.45, 7) is 19.9. The van der Waals surface area contributed by atoms with Crippen LogP contribution in [0.4, 0.5) is 5.82 Å². The van der Waals surface area contributed by atoms with Crippen LogP contribution in [0.3, 0.4) is 0 Å². The molecule has 1 aliphatic heterocycles. The minimum Gasteiger partial charge on any atom is -0.364 e. The maximum Gasteiger partial charge on any atom is 0.149 e. The number of carbonyl (C=O) groups excluding carboxylic acids is 1. The lowest BCUT2D eigenvalue weighted by Crippen LogP contribution is -2.26. The summed E-state index contributed by atoms with van der Waals surface area (Å²) in [5.74, 6) is 0.801. The van der Waals surface area contributed by atoms with Gasteiger partial charge in [0.05, 0.1) is 24.2 Å². The van der Waals surface area contributed by atoms with Crippen molar-refractivity contribution < 1.29 is 4.79 Å². The van der Waals surface area contributed by atoms with E-state index < -0.39 is 0 Å². The first-order valence-corrected chi connectivity index (χ1v) is 10.9. The van der Waals surface area contributed by atoms with E-state index in [1.165, 1.54) is 0 Å². The maximum atomic E-state index is 8.00. The van der Waals surface area contributed by atoms with Gasteiger partial charge in [0, 0.05) is 30.6 Å². The molecule has 0 atom stereocenters. The highest BCUT2D eigenvalue weighted by molar-refractivity contribution is 6.02. The Hall–Kier alpha value is -3.06. The number of aliphatic imine (C=N–C) groups is 2. The SMILES string of the molecule is C=C(C=N/C=C\CC)n1nc(NC(C)(C)C)cc1C1=CC=C(CNC)C=NC1.C=O.CC. The van der Waals surface area contributed by atoms with Gasteiger partial charge in [-0.15, -0.1) is 5.10 Å². The van der Waals surface area contributed by atoms with Gasteiger partial charge in [-0.2, -0.15) is 0 Å². The Kier molecular flexibility index (Phi) is 14.2. The predicted octanol–water partition coefficient (Wildman–Crippen LogP) is 5.01. The lowest BCUT2D eigenvalue weighted by molar-refractivity contribution is -0.0979. The molecular weight excluding hydrogens is 400 g/mol. The van der Waals surface area contributed by atoms with E-state index in [0.29, 0.717) is 12.2 Å². The molecule has 0 saturated carbocycles. The highest BCUT2D eigenvalue weighted by Crippen LogP contribution is 2.24. The molecule has 0 radical (unpaired) electrons. The second-order valence-corrected chi connectivity index (χ2v) is 7.70. The standard InChI is InChI=1S/C22H32N6.C2H6.CH2O/c1-7-8-11-24-13-17(2)28-20(12-21(27-28)26-22(3,4)5)19-10-9-18(14-23-6)15-25-16-19;2*1-2/h8-13,15,23H,2,7,14,16H2,1,3-6H3,(H,26,27);1-2H3;1H2/b11-8-,24-13?;;. The molecule has 0 fully saturated rings. The van der Waals surface area contributed by atoms with Crippen molar-refractivity contribution in [1.29, 1.82) is 0 Å². The molecule has 176 valence electrons. The molecule has 1 aromatic rings. The van der Waals surface area contributed by atoms with Gasteiger partial charge in [0.2, 0.25) is 0 Å². The van der Waals surface area contributed by atoms with Gasteiger partial charge in [0.25, 0.3) is 0 Å². The zero-order chi connectivity index (χ0) is 24.6. The number of carbonyl (C=O) groups is 1. The fourth-order valence-electron chi connectivity index (χ4n) is 2.66. The normalized spacial score (nSPS) is 13.5. The van der Waals surface area contributed by atoms with E-state index in [-0.39, 0.29) is 5.54 Å². The molecule has 2 N–H and O–H groups in total. The fourth-order valence-corrected chi connectivity index (χ4v) is 2.66. The van der Waals surface area contributed by atoms with Crippen molar-refractivity contribution in [1.82, 2.24) is 15.1 Å². The van der Waals surface area contributed by atoms with Crippen molar-refractivity contribution in [3.63, 3.8) is 0 Å². The molecule has 0 spiro atoms. The van der Waals surface area contributed by atoms with E-state index in [4.69, 9.17) is 9.89 Å². The number of allylic oxidation sites excluding steroid dienone is 4. The first-order valence-electron chi connectivity index (χ1n) is 10.9. The van der Waals surface area contributed by atoms with Gasteiger partial charge in [-0.05, 0) is 45.4 Å². The summed E-state index contributed by atoms with van der Waals surface area (Å²) in [7, 11) is 1.93. The van der Waals surface area contributed by atoms with E-state index in [1.54, 1.807) is 12.4 Å². The van der Waals surface area contributed by atoms with Crippen molar-refractivity contribution in [2.45, 2.75) is 53.5 Å². The summed E-state index contributed by atoms with van der Waals surface area (Å²) >= 11 is 0. The topological polar surface area (TPSA) is 83.7 Å². The second kappa shape index (κ2) is 15.7. The number of hydrogen-bond donors (Lipinski definition) is 2. The number of nitrogens with zero attached hydrogens (tertiary/aromatic N) is 4. The highest BCUT2D eigenvalue weighted by Gasteiger charge is 2.17. The molecule has 2 heterocycles. The van der Waals surface area contributed by atoms with Gasteiger partial charge in [0.15, 0.2) is 0 Å². The molecule has 7 nitrogen and oxygen atoms in total. The number of aromatic nitrogens is 2. The van der Waals surface area contributed by atoms with Gasteiger partial charge in [-0.1, -0.05) is 45.6 Å². The number of rotatable bonds is 8. The van der Waals surface area contributed by atoms with Crippen molar-refractivity contribution in [2.75, 3.05) is 25.5 Å². The Balaban J connectivity index is 0.00000227. The average molecular weight is 441 g/mol. The molecular formula is C25H40N6O. The Bertz CT molecular complexity index is 850. The second-order valence-electron chi connectivity index (χ2n) is 7.70. The molecule has 0 unspecified atom stereocenters. The summed E-state index contributed by atoms with van der Waals surface area (Å²) in [5, 5.41) is 11.3. The van der Waals surface area contributed by atoms with Crippen LogP contribution in [-0.4, -0.2) is 54.7 Å². The molecule has 0 bridgehead atoms. The van der Waals surface area contributed by atoms with Crippen LogP contribution in [-0.2, 0) is 4.79 Å². The third-order valence-electron chi connectivity index (χ3n) is 3.86. The van der Waals surface area contributed by atoms with Crippen LogP contribution in [0.25, 0.3) is 11.3 Å². The first-order chi connectivity index (χ1) is 15.3. The van der Waals surface area contributed by atoms with Crippen LogP contribution in [0.15, 0.2) is 52.6 Å². The van der Waals surface area contributed by atoms with Gasteiger partial charge >= 0.3 is 0 Å². The quantitative estimate of drug-likeness (QED) is 0.556. The summed E-state index contributed by atoms with van der Waals surface area (Å²) in [6.07, 6.45) is 12.6. The number of likely N-dealkylation sites (N-methyl/N-ethyl adjacent to an activating group) is 1. The highest BCUT2D eigenvalue weighted by atomic mass is 16.1. The Morgan fingerprint density at radius 2 is 1.97 bits per heavy atom. The molecule has 2 rings (SSSR count). The zero-order valence-corrected chi connectivity index (χ0v) is 20.8. The van der Waals surface area contributed by atoms with E-state index in [9.17, 15) is 0 Å². The molecule has 1 aliphatic rings. The fraction of sp³-hybridized carbons (Fsp3) is 0.440. The predicted molar refractivity (Wildman–Crippen MR) is 141 cm³/mol. The third kappa shape index (κ3) is 10.3. The summed E-state index contributed by atoms with van der Waals surface area (Å²) in [5.41, 5.74) is 3.79. The molecule has 1 aromatic heterocycles. The minimum absolute atomic E-state index is 0.0917. The van der Waals surface area contributed by atoms with Crippen molar-refractivity contribution in [3.05, 3.63) is 48.3 Å². The van der Waals surface area contributed by atoms with Crippen LogP contribution in [0.5, 0.6) is 0 Å². The van der Waals surface area contributed by atoms with Gasteiger partial charge in [-0.25, -0.2) is 4.68 Å². The Labute approximate surface area is 193 Å². The van der Waals surface area contributed by atoms with E-state index in [0.717, 1.165) is 35.6 Å². The first kappa shape index (κ1) is 28.9. The molecule has 0 aliphatic carbocycles. The van der Waals surface area contributed by atoms with E-state index >= 15 is 0 Å². The summed E-state index contributed by atoms with van der Waals surface area (Å²) in [6, 6.07) is 2.05. The minimum atomic E-state index is -0.0917. The smallest absolute Gasteiger partial charge is 0.149 e. The number of anilines is 1. The van der Waals surface area contributed by atoms with Gasteiger partial charge in [-0.3, -0.25) is 9.98 Å². The van der Waals surface area contributed by atoms with Crippen molar-refractivity contribution in [3.8, 4) is 0 Å². The number of hydrogen-bond acceptors (Lipinski definition) is 6.